The molecule has 0 atom stereocenters. The van der Waals surface area contributed by atoms with Gasteiger partial charge in [-0.15, -0.1) is 0 Å². The Kier molecular flexibility index (Phi) is 6.77. The summed E-state index contributed by atoms with van der Waals surface area (Å²) in [6, 6.07) is 24.9. The molecule has 0 saturated heterocycles. The predicted octanol–water partition coefficient (Wildman–Crippen LogP) is 6.16. The second kappa shape index (κ2) is 10.1. The molecule has 3 aromatic carbocycles. The number of hydrogen-bond acceptors (Lipinski definition) is 4. The van der Waals surface area contributed by atoms with E-state index in [1.165, 1.54) is 30.5 Å². The summed E-state index contributed by atoms with van der Waals surface area (Å²) in [4.78, 5) is 12.1. The van der Waals surface area contributed by atoms with E-state index in [0.717, 1.165) is 23.3 Å². The average molecular weight is 464 g/mol. The van der Waals surface area contributed by atoms with E-state index in [4.69, 9.17) is 9.15 Å². The molecular weight excluding hydrogens is 445 g/mol. The number of carbonyl (C=O) groups excluding carboxylic acids is 1. The van der Waals surface area contributed by atoms with Crippen LogP contribution in [0.4, 0.5) is 13.2 Å². The topological polar surface area (TPSA) is 63.8 Å². The zero-order valence-electron chi connectivity index (χ0n) is 17.8. The number of nitrogens with one attached hydrogen (secondary N) is 1. The number of halogens is 3. The van der Waals surface area contributed by atoms with Crippen molar-refractivity contribution in [2.45, 2.75) is 6.18 Å². The Morgan fingerprint density at radius 1 is 0.912 bits per heavy atom. The van der Waals surface area contributed by atoms with Gasteiger partial charge in [0, 0.05) is 11.1 Å². The Hall–Kier alpha value is -4.33. The van der Waals surface area contributed by atoms with Gasteiger partial charge in [0.1, 0.15) is 17.3 Å². The van der Waals surface area contributed by atoms with Crippen LogP contribution in [0.1, 0.15) is 11.3 Å². The van der Waals surface area contributed by atoms with Crippen LogP contribution in [-0.2, 0) is 11.0 Å². The van der Waals surface area contributed by atoms with Crippen LogP contribution in [0.3, 0.4) is 0 Å². The van der Waals surface area contributed by atoms with E-state index in [1.807, 2.05) is 48.5 Å². The van der Waals surface area contributed by atoms with Crippen molar-refractivity contribution in [3.63, 3.8) is 0 Å². The minimum Gasteiger partial charge on any atom is -0.483 e. The lowest BCUT2D eigenvalue weighted by atomic mass is 10.1. The van der Waals surface area contributed by atoms with Crippen molar-refractivity contribution in [1.82, 2.24) is 5.43 Å². The van der Waals surface area contributed by atoms with Crippen LogP contribution in [0, 0.1) is 0 Å². The van der Waals surface area contributed by atoms with Crippen LogP contribution >= 0.6 is 0 Å². The number of benzene rings is 3. The smallest absolute Gasteiger partial charge is 0.416 e. The number of hydrogen-bond donors (Lipinski definition) is 1. The lowest BCUT2D eigenvalue weighted by Crippen LogP contribution is -2.24. The number of furan rings is 1. The van der Waals surface area contributed by atoms with Crippen LogP contribution in [0.2, 0.25) is 0 Å². The second-order valence-electron chi connectivity index (χ2n) is 7.22. The molecule has 172 valence electrons. The van der Waals surface area contributed by atoms with E-state index in [1.54, 1.807) is 6.07 Å². The third-order valence-electron chi connectivity index (χ3n) is 4.81. The molecule has 0 aliphatic heterocycles. The molecule has 1 amide bonds. The standard InChI is InChI=1S/C26H19F3N2O3/c27-26(28,29)20-10-6-9-19(15-20)23-14-13-21(34-23)16-30-31-25(32)17-33-24-12-5-4-11-22(24)18-7-2-1-3-8-18/h1-16H,17H2,(H,31,32)/b30-16-. The number of hydrazone groups is 1. The zero-order valence-corrected chi connectivity index (χ0v) is 17.8. The monoisotopic (exact) mass is 464 g/mol. The largest absolute Gasteiger partial charge is 0.483 e. The van der Waals surface area contributed by atoms with Crippen molar-refractivity contribution in [1.29, 1.82) is 0 Å². The number of amides is 1. The quantitative estimate of drug-likeness (QED) is 0.263. The fraction of sp³-hybridized carbons (Fsp3) is 0.0769. The Morgan fingerprint density at radius 3 is 2.44 bits per heavy atom. The van der Waals surface area contributed by atoms with Crippen molar-refractivity contribution in [2.75, 3.05) is 6.61 Å². The van der Waals surface area contributed by atoms with E-state index < -0.39 is 17.6 Å². The molecule has 0 radical (unpaired) electrons. The van der Waals surface area contributed by atoms with Crippen molar-refractivity contribution in [3.05, 3.63) is 102 Å². The van der Waals surface area contributed by atoms with Crippen molar-refractivity contribution in [3.8, 4) is 28.2 Å². The molecule has 0 bridgehead atoms. The number of carbonyl (C=O) groups is 1. The fourth-order valence-corrected chi connectivity index (χ4v) is 3.22. The van der Waals surface area contributed by atoms with E-state index in [0.29, 0.717) is 5.75 Å². The minimum absolute atomic E-state index is 0.250. The maximum Gasteiger partial charge on any atom is 0.416 e. The lowest BCUT2D eigenvalue weighted by molar-refractivity contribution is -0.137. The summed E-state index contributed by atoms with van der Waals surface area (Å²) < 4.78 is 49.9. The molecule has 1 aromatic heterocycles. The summed E-state index contributed by atoms with van der Waals surface area (Å²) >= 11 is 0. The molecule has 0 fully saturated rings. The molecule has 0 aliphatic carbocycles. The van der Waals surface area contributed by atoms with E-state index in [-0.39, 0.29) is 23.7 Å². The van der Waals surface area contributed by atoms with Crippen LogP contribution in [-0.4, -0.2) is 18.7 Å². The summed E-state index contributed by atoms with van der Waals surface area (Å²) in [5, 5.41) is 3.82. The summed E-state index contributed by atoms with van der Waals surface area (Å²) in [6.45, 7) is -0.255. The number of nitrogens with zero attached hydrogens (tertiary/aromatic N) is 1. The first-order valence-corrected chi connectivity index (χ1v) is 10.3. The van der Waals surface area contributed by atoms with E-state index in [9.17, 15) is 18.0 Å². The van der Waals surface area contributed by atoms with Crippen molar-refractivity contribution >= 4 is 12.1 Å². The molecule has 0 unspecified atom stereocenters. The van der Waals surface area contributed by atoms with Crippen LogP contribution in [0.15, 0.2) is 101 Å². The normalized spacial score (nSPS) is 11.5. The van der Waals surface area contributed by atoms with Gasteiger partial charge in [-0.2, -0.15) is 18.3 Å². The first kappa shape index (κ1) is 22.8. The van der Waals surface area contributed by atoms with Gasteiger partial charge in [0.2, 0.25) is 0 Å². The predicted molar refractivity (Wildman–Crippen MR) is 122 cm³/mol. The van der Waals surface area contributed by atoms with Crippen molar-refractivity contribution < 1.29 is 27.1 Å². The highest BCUT2D eigenvalue weighted by molar-refractivity contribution is 5.82. The van der Waals surface area contributed by atoms with E-state index >= 15 is 0 Å². The summed E-state index contributed by atoms with van der Waals surface area (Å²) in [5.41, 5.74) is 3.67. The van der Waals surface area contributed by atoms with Gasteiger partial charge in [-0.3, -0.25) is 4.79 Å². The van der Waals surface area contributed by atoms with Crippen LogP contribution < -0.4 is 10.2 Å². The number of rotatable bonds is 7. The van der Waals surface area contributed by atoms with Gasteiger partial charge in [-0.05, 0) is 35.9 Å². The average Bonchev–Trinajstić information content (AvgIpc) is 3.32. The molecule has 0 saturated carbocycles. The van der Waals surface area contributed by atoms with E-state index in [2.05, 4.69) is 10.5 Å². The number of para-hydroxylation sites is 1. The maximum atomic E-state index is 12.9. The molecular formula is C26H19F3N2O3. The van der Waals surface area contributed by atoms with Crippen LogP contribution in [0.5, 0.6) is 5.75 Å². The molecule has 0 spiro atoms. The van der Waals surface area contributed by atoms with Gasteiger partial charge < -0.3 is 9.15 Å². The van der Waals surface area contributed by atoms with Gasteiger partial charge in [0.25, 0.3) is 5.91 Å². The molecule has 0 aliphatic rings. The van der Waals surface area contributed by atoms with Gasteiger partial charge in [0.05, 0.1) is 11.8 Å². The van der Waals surface area contributed by atoms with Crippen molar-refractivity contribution in [2.24, 2.45) is 5.10 Å². The van der Waals surface area contributed by atoms with Gasteiger partial charge >= 0.3 is 6.18 Å². The highest BCUT2D eigenvalue weighted by Crippen LogP contribution is 2.32. The summed E-state index contributed by atoms with van der Waals surface area (Å²) in [7, 11) is 0. The summed E-state index contributed by atoms with van der Waals surface area (Å²) in [5.74, 6) is 0.594. The maximum absolute atomic E-state index is 12.9. The SMILES string of the molecule is O=C(COc1ccccc1-c1ccccc1)N/N=C\c1ccc(-c2cccc(C(F)(F)F)c2)o1. The van der Waals surface area contributed by atoms with Gasteiger partial charge in [-0.25, -0.2) is 5.43 Å². The Balaban J connectivity index is 1.34. The third-order valence-corrected chi connectivity index (χ3v) is 4.81. The number of ether oxygens (including phenoxy) is 1. The Bertz CT molecular complexity index is 1300. The highest BCUT2D eigenvalue weighted by atomic mass is 19.4. The lowest BCUT2D eigenvalue weighted by Gasteiger charge is -2.10. The first-order valence-electron chi connectivity index (χ1n) is 10.3. The Morgan fingerprint density at radius 2 is 1.65 bits per heavy atom. The molecule has 34 heavy (non-hydrogen) atoms. The summed E-state index contributed by atoms with van der Waals surface area (Å²) in [6.07, 6.45) is -3.19. The molecule has 1 heterocycles. The van der Waals surface area contributed by atoms with Gasteiger partial charge in [-0.1, -0.05) is 60.7 Å². The van der Waals surface area contributed by atoms with Gasteiger partial charge in [0.15, 0.2) is 6.61 Å². The third kappa shape index (κ3) is 5.72. The molecule has 4 aromatic rings. The molecule has 8 heteroatoms. The highest BCUT2D eigenvalue weighted by Gasteiger charge is 2.30. The Labute approximate surface area is 193 Å². The molecule has 1 N–H and O–H groups in total. The minimum atomic E-state index is -4.44. The zero-order chi connectivity index (χ0) is 24.0. The molecule has 5 nitrogen and oxygen atoms in total. The second-order valence-corrected chi connectivity index (χ2v) is 7.22. The van der Waals surface area contributed by atoms with Crippen LogP contribution in [0.25, 0.3) is 22.5 Å². The fourth-order valence-electron chi connectivity index (χ4n) is 3.22. The first-order chi connectivity index (χ1) is 16.4. The molecule has 4 rings (SSSR count). The number of alkyl halides is 3.